The van der Waals surface area contributed by atoms with Crippen LogP contribution in [0.25, 0.3) is 0 Å². The second-order valence-electron chi connectivity index (χ2n) is 3.36. The van der Waals surface area contributed by atoms with E-state index in [2.05, 4.69) is 11.7 Å². The van der Waals surface area contributed by atoms with Gasteiger partial charge in [-0.05, 0) is 43.5 Å². The van der Waals surface area contributed by atoms with Crippen LogP contribution in [0.3, 0.4) is 0 Å². The van der Waals surface area contributed by atoms with Crippen molar-refractivity contribution >= 4 is 0 Å². The summed E-state index contributed by atoms with van der Waals surface area (Å²) >= 11 is 0. The molecule has 1 saturated heterocycles. The molecule has 1 unspecified atom stereocenters. The molecule has 0 saturated carbocycles. The van der Waals surface area contributed by atoms with E-state index in [1.54, 1.807) is 12.1 Å². The molecule has 1 atom stereocenters. The van der Waals surface area contributed by atoms with Gasteiger partial charge < -0.3 is 5.32 Å². The van der Waals surface area contributed by atoms with E-state index in [-0.39, 0.29) is 11.9 Å². The Bertz CT molecular complexity index is 279. The summed E-state index contributed by atoms with van der Waals surface area (Å²) in [5, 5.41) is 3.34. The topological polar surface area (TPSA) is 12.0 Å². The molecule has 1 nitrogen and oxygen atoms in total. The van der Waals surface area contributed by atoms with E-state index in [1.807, 2.05) is 6.07 Å². The van der Waals surface area contributed by atoms with Crippen molar-refractivity contribution in [2.45, 2.75) is 18.9 Å². The summed E-state index contributed by atoms with van der Waals surface area (Å²) in [5.74, 6) is -0.154. The normalized spacial score (nSPS) is 23.0. The number of rotatable bonds is 1. The van der Waals surface area contributed by atoms with Crippen LogP contribution in [0.1, 0.15) is 24.4 Å². The molecule has 0 spiro atoms. The molecule has 2 heteroatoms. The molecule has 1 aromatic rings. The Balaban J connectivity index is 2.14. The highest BCUT2D eigenvalue weighted by Crippen LogP contribution is 2.21. The number of piperidine rings is 1. The monoisotopic (exact) mass is 178 g/mol. The molecule has 0 amide bonds. The highest BCUT2D eigenvalue weighted by atomic mass is 19.1. The molecular weight excluding hydrogens is 165 g/mol. The molecule has 0 aliphatic carbocycles. The van der Waals surface area contributed by atoms with Crippen LogP contribution >= 0.6 is 0 Å². The number of hydrogen-bond acceptors (Lipinski definition) is 1. The smallest absolute Gasteiger partial charge is 0.123 e. The van der Waals surface area contributed by atoms with Gasteiger partial charge in [0.1, 0.15) is 5.82 Å². The average Bonchev–Trinajstić information content (AvgIpc) is 2.19. The summed E-state index contributed by atoms with van der Waals surface area (Å²) in [6, 6.07) is 7.04. The van der Waals surface area contributed by atoms with Gasteiger partial charge in [-0.25, -0.2) is 4.39 Å². The third-order valence-corrected chi connectivity index (χ3v) is 2.36. The van der Waals surface area contributed by atoms with Crippen LogP contribution in [-0.2, 0) is 0 Å². The zero-order valence-electron chi connectivity index (χ0n) is 7.46. The molecule has 1 N–H and O–H groups in total. The van der Waals surface area contributed by atoms with Crippen LogP contribution < -0.4 is 5.32 Å². The fourth-order valence-corrected chi connectivity index (χ4v) is 1.68. The van der Waals surface area contributed by atoms with Crippen molar-refractivity contribution in [3.63, 3.8) is 0 Å². The summed E-state index contributed by atoms with van der Waals surface area (Å²) in [4.78, 5) is 0. The first-order valence-electron chi connectivity index (χ1n) is 4.68. The van der Waals surface area contributed by atoms with Crippen molar-refractivity contribution in [1.82, 2.24) is 5.32 Å². The lowest BCUT2D eigenvalue weighted by molar-refractivity contribution is 0.496. The largest absolute Gasteiger partial charge is 0.310 e. The van der Waals surface area contributed by atoms with E-state index in [1.165, 1.54) is 12.5 Å². The molecule has 2 rings (SSSR count). The van der Waals surface area contributed by atoms with Crippen molar-refractivity contribution in [2.24, 2.45) is 0 Å². The number of hydrogen-bond donors (Lipinski definition) is 1. The third-order valence-electron chi connectivity index (χ3n) is 2.36. The first-order valence-corrected chi connectivity index (χ1v) is 4.68. The van der Waals surface area contributed by atoms with E-state index in [0.717, 1.165) is 18.5 Å². The standard InChI is InChI=1S/C11H13FN/c12-10-5-3-4-9(8-10)11-6-1-2-7-13-11/h3-6,8,11,13H,1-2,7H2. The van der Waals surface area contributed by atoms with Gasteiger partial charge in [0, 0.05) is 6.04 Å². The minimum absolute atomic E-state index is 0.154. The van der Waals surface area contributed by atoms with E-state index in [4.69, 9.17) is 0 Å². The fourth-order valence-electron chi connectivity index (χ4n) is 1.68. The van der Waals surface area contributed by atoms with Crippen molar-refractivity contribution in [2.75, 3.05) is 6.54 Å². The Morgan fingerprint density at radius 3 is 3.00 bits per heavy atom. The number of benzene rings is 1. The first kappa shape index (κ1) is 8.70. The summed E-state index contributed by atoms with van der Waals surface area (Å²) in [7, 11) is 0. The zero-order valence-corrected chi connectivity index (χ0v) is 7.46. The molecule has 1 radical (unpaired) electrons. The SMILES string of the molecule is Fc1cccc(C2[CH]CCCN2)c1. The van der Waals surface area contributed by atoms with Gasteiger partial charge in [0.05, 0.1) is 0 Å². The van der Waals surface area contributed by atoms with Gasteiger partial charge in [-0.2, -0.15) is 0 Å². The van der Waals surface area contributed by atoms with Crippen molar-refractivity contribution in [3.8, 4) is 0 Å². The van der Waals surface area contributed by atoms with Crippen LogP contribution in [0.4, 0.5) is 4.39 Å². The van der Waals surface area contributed by atoms with E-state index >= 15 is 0 Å². The minimum Gasteiger partial charge on any atom is -0.310 e. The molecule has 1 aliphatic rings. The Morgan fingerprint density at radius 1 is 1.38 bits per heavy atom. The van der Waals surface area contributed by atoms with Gasteiger partial charge in [0.25, 0.3) is 0 Å². The zero-order chi connectivity index (χ0) is 9.10. The lowest BCUT2D eigenvalue weighted by Crippen LogP contribution is -2.27. The third kappa shape index (κ3) is 2.07. The lowest BCUT2D eigenvalue weighted by atomic mass is 9.98. The van der Waals surface area contributed by atoms with Gasteiger partial charge >= 0.3 is 0 Å². The molecule has 69 valence electrons. The maximum absolute atomic E-state index is 12.9. The van der Waals surface area contributed by atoms with Gasteiger partial charge in [0.2, 0.25) is 0 Å². The van der Waals surface area contributed by atoms with Crippen molar-refractivity contribution in [1.29, 1.82) is 0 Å². The molecule has 13 heavy (non-hydrogen) atoms. The predicted octanol–water partition coefficient (Wildman–Crippen LogP) is 2.45. The van der Waals surface area contributed by atoms with Gasteiger partial charge in [-0.1, -0.05) is 12.1 Å². The Hall–Kier alpha value is -0.890. The maximum atomic E-state index is 12.9. The molecule has 0 bridgehead atoms. The molecule has 1 aromatic carbocycles. The number of halogens is 1. The first-order chi connectivity index (χ1) is 6.36. The maximum Gasteiger partial charge on any atom is 0.123 e. The van der Waals surface area contributed by atoms with Gasteiger partial charge in [-0.3, -0.25) is 0 Å². The second kappa shape index (κ2) is 3.88. The van der Waals surface area contributed by atoms with Crippen LogP contribution in [0, 0.1) is 12.2 Å². The quantitative estimate of drug-likeness (QED) is 0.696. The highest BCUT2D eigenvalue weighted by Gasteiger charge is 2.14. The van der Waals surface area contributed by atoms with Gasteiger partial charge in [-0.15, -0.1) is 0 Å². The van der Waals surface area contributed by atoms with E-state index in [0.29, 0.717) is 0 Å². The highest BCUT2D eigenvalue weighted by molar-refractivity contribution is 5.23. The minimum atomic E-state index is -0.154. The molecular formula is C11H13FN. The molecule has 0 aromatic heterocycles. The Labute approximate surface area is 78.0 Å². The van der Waals surface area contributed by atoms with E-state index < -0.39 is 0 Å². The van der Waals surface area contributed by atoms with Crippen LogP contribution in [0.5, 0.6) is 0 Å². The van der Waals surface area contributed by atoms with E-state index in [9.17, 15) is 4.39 Å². The van der Waals surface area contributed by atoms with Gasteiger partial charge in [0.15, 0.2) is 0 Å². The van der Waals surface area contributed by atoms with Crippen LogP contribution in [-0.4, -0.2) is 6.54 Å². The fraction of sp³-hybridized carbons (Fsp3) is 0.364. The summed E-state index contributed by atoms with van der Waals surface area (Å²) in [5.41, 5.74) is 1.03. The molecule has 1 fully saturated rings. The Morgan fingerprint density at radius 2 is 2.31 bits per heavy atom. The number of nitrogens with one attached hydrogen (secondary N) is 1. The van der Waals surface area contributed by atoms with Crippen LogP contribution in [0.2, 0.25) is 0 Å². The molecule has 1 aliphatic heterocycles. The van der Waals surface area contributed by atoms with Crippen molar-refractivity contribution in [3.05, 3.63) is 42.1 Å². The Kier molecular flexibility index (Phi) is 2.60. The lowest BCUT2D eigenvalue weighted by Gasteiger charge is -2.23. The van der Waals surface area contributed by atoms with Crippen molar-refractivity contribution < 1.29 is 4.39 Å². The summed E-state index contributed by atoms with van der Waals surface area (Å²) in [6.07, 6.45) is 4.51. The van der Waals surface area contributed by atoms with Crippen LogP contribution in [0.15, 0.2) is 24.3 Å². The summed E-state index contributed by atoms with van der Waals surface area (Å²) < 4.78 is 12.9. The average molecular weight is 178 g/mol. The predicted molar refractivity (Wildman–Crippen MR) is 50.7 cm³/mol. The molecule has 1 heterocycles. The summed E-state index contributed by atoms with van der Waals surface area (Å²) in [6.45, 7) is 1.03. The second-order valence-corrected chi connectivity index (χ2v) is 3.36.